The van der Waals surface area contributed by atoms with Crippen molar-refractivity contribution in [2.24, 2.45) is 0 Å². The summed E-state index contributed by atoms with van der Waals surface area (Å²) in [6, 6.07) is 15.5. The summed E-state index contributed by atoms with van der Waals surface area (Å²) in [5.41, 5.74) is 2.20. The second-order valence-electron chi connectivity index (χ2n) is 5.48. The van der Waals surface area contributed by atoms with Gasteiger partial charge in [-0.2, -0.15) is 0 Å². The average molecular weight is 313 g/mol. The Hall–Kier alpha value is -2.49. The van der Waals surface area contributed by atoms with Crippen molar-refractivity contribution < 1.29 is 14.3 Å². The lowest BCUT2D eigenvalue weighted by Gasteiger charge is -2.16. The molecule has 0 saturated carbocycles. The standard InChI is InChI=1S/C19H23NO3/c1-14-8-10-17(11-9-14)22-13-12-20-19(21)16(3)23-18-7-5-4-6-15(18)2/h4-11,16H,12-13H2,1-3H3,(H,20,21)/t16-/m0/s1. The minimum absolute atomic E-state index is 0.152. The van der Waals surface area contributed by atoms with E-state index in [4.69, 9.17) is 9.47 Å². The molecule has 0 aliphatic heterocycles. The zero-order valence-electron chi connectivity index (χ0n) is 13.8. The molecule has 1 N–H and O–H groups in total. The van der Waals surface area contributed by atoms with Gasteiger partial charge < -0.3 is 14.8 Å². The maximum atomic E-state index is 12.0. The molecule has 0 unspecified atom stereocenters. The Kier molecular flexibility index (Phi) is 6.03. The van der Waals surface area contributed by atoms with Crippen LogP contribution in [0.1, 0.15) is 18.1 Å². The summed E-state index contributed by atoms with van der Waals surface area (Å²) in [6.45, 7) is 6.58. The average Bonchev–Trinajstić information content (AvgIpc) is 2.55. The molecule has 0 heterocycles. The Labute approximate surface area is 137 Å². The summed E-state index contributed by atoms with van der Waals surface area (Å²) in [6.07, 6.45) is -0.546. The van der Waals surface area contributed by atoms with E-state index in [-0.39, 0.29) is 5.91 Å². The van der Waals surface area contributed by atoms with Crippen LogP contribution >= 0.6 is 0 Å². The molecule has 2 aromatic rings. The third kappa shape index (κ3) is 5.33. The van der Waals surface area contributed by atoms with Crippen molar-refractivity contribution in [3.63, 3.8) is 0 Å². The first-order chi connectivity index (χ1) is 11.1. The van der Waals surface area contributed by atoms with Gasteiger partial charge in [-0.15, -0.1) is 0 Å². The van der Waals surface area contributed by atoms with Gasteiger partial charge >= 0.3 is 0 Å². The van der Waals surface area contributed by atoms with Gasteiger partial charge in [0.25, 0.3) is 5.91 Å². The molecule has 2 aromatic carbocycles. The number of nitrogens with one attached hydrogen (secondary N) is 1. The molecular formula is C19H23NO3. The molecule has 0 saturated heterocycles. The molecule has 0 aliphatic carbocycles. The molecule has 0 spiro atoms. The van der Waals surface area contributed by atoms with Crippen LogP contribution in [-0.2, 0) is 4.79 Å². The molecule has 122 valence electrons. The number of amides is 1. The van der Waals surface area contributed by atoms with Crippen LogP contribution in [0.2, 0.25) is 0 Å². The lowest BCUT2D eigenvalue weighted by atomic mass is 10.2. The van der Waals surface area contributed by atoms with Gasteiger partial charge in [0.2, 0.25) is 0 Å². The van der Waals surface area contributed by atoms with Crippen LogP contribution in [0, 0.1) is 13.8 Å². The van der Waals surface area contributed by atoms with Crippen LogP contribution in [0.5, 0.6) is 11.5 Å². The predicted octanol–water partition coefficient (Wildman–Crippen LogP) is 3.27. The number of rotatable bonds is 7. The van der Waals surface area contributed by atoms with Crippen LogP contribution in [0.25, 0.3) is 0 Å². The molecule has 4 nitrogen and oxygen atoms in total. The van der Waals surface area contributed by atoms with Crippen LogP contribution in [0.15, 0.2) is 48.5 Å². The minimum atomic E-state index is -0.546. The van der Waals surface area contributed by atoms with Crippen LogP contribution < -0.4 is 14.8 Å². The maximum Gasteiger partial charge on any atom is 0.260 e. The van der Waals surface area contributed by atoms with Crippen molar-refractivity contribution in [1.29, 1.82) is 0 Å². The SMILES string of the molecule is Cc1ccc(OCCNC(=O)[C@H](C)Oc2ccccc2C)cc1. The normalized spacial score (nSPS) is 11.6. The molecule has 0 aliphatic rings. The van der Waals surface area contributed by atoms with E-state index in [1.807, 2.05) is 62.4 Å². The summed E-state index contributed by atoms with van der Waals surface area (Å²) in [5.74, 6) is 1.38. The zero-order chi connectivity index (χ0) is 16.7. The van der Waals surface area contributed by atoms with Gasteiger partial charge in [0.05, 0.1) is 6.54 Å². The number of hydrogen-bond donors (Lipinski definition) is 1. The molecule has 23 heavy (non-hydrogen) atoms. The number of benzene rings is 2. The first-order valence-electron chi connectivity index (χ1n) is 7.76. The Bertz CT molecular complexity index is 637. The van der Waals surface area contributed by atoms with Gasteiger partial charge in [-0.1, -0.05) is 35.9 Å². The first-order valence-corrected chi connectivity index (χ1v) is 7.76. The summed E-state index contributed by atoms with van der Waals surface area (Å²) in [5, 5.41) is 2.81. The molecule has 1 amide bonds. The van der Waals surface area contributed by atoms with E-state index in [0.717, 1.165) is 17.1 Å². The number of para-hydroxylation sites is 1. The Morgan fingerprint density at radius 1 is 1.09 bits per heavy atom. The number of hydrogen-bond acceptors (Lipinski definition) is 3. The highest BCUT2D eigenvalue weighted by Crippen LogP contribution is 2.17. The number of carbonyl (C=O) groups is 1. The quantitative estimate of drug-likeness (QED) is 0.798. The van der Waals surface area contributed by atoms with Gasteiger partial charge in [0, 0.05) is 0 Å². The molecular weight excluding hydrogens is 290 g/mol. The highest BCUT2D eigenvalue weighted by Gasteiger charge is 2.14. The molecule has 0 radical (unpaired) electrons. The fraction of sp³-hybridized carbons (Fsp3) is 0.316. The van der Waals surface area contributed by atoms with Gasteiger partial charge in [0.15, 0.2) is 6.10 Å². The number of ether oxygens (including phenoxy) is 2. The van der Waals surface area contributed by atoms with Gasteiger partial charge in [-0.25, -0.2) is 0 Å². The van der Waals surface area contributed by atoms with E-state index in [1.54, 1.807) is 6.92 Å². The predicted molar refractivity (Wildman–Crippen MR) is 91.0 cm³/mol. The summed E-state index contributed by atoms with van der Waals surface area (Å²) in [7, 11) is 0. The van der Waals surface area contributed by atoms with E-state index in [2.05, 4.69) is 5.32 Å². The third-order valence-corrected chi connectivity index (χ3v) is 3.46. The molecule has 0 aromatic heterocycles. The van der Waals surface area contributed by atoms with Crippen LogP contribution in [-0.4, -0.2) is 25.2 Å². The minimum Gasteiger partial charge on any atom is -0.492 e. The summed E-state index contributed by atoms with van der Waals surface area (Å²) >= 11 is 0. The van der Waals surface area contributed by atoms with Crippen molar-refractivity contribution in [3.8, 4) is 11.5 Å². The van der Waals surface area contributed by atoms with E-state index >= 15 is 0 Å². The second-order valence-corrected chi connectivity index (χ2v) is 5.48. The van der Waals surface area contributed by atoms with E-state index in [1.165, 1.54) is 5.56 Å². The van der Waals surface area contributed by atoms with Crippen LogP contribution in [0.3, 0.4) is 0 Å². The largest absolute Gasteiger partial charge is 0.492 e. The molecule has 0 fully saturated rings. The molecule has 1 atom stereocenters. The zero-order valence-corrected chi connectivity index (χ0v) is 13.8. The molecule has 4 heteroatoms. The molecule has 0 bridgehead atoms. The number of aryl methyl sites for hydroxylation is 2. The Morgan fingerprint density at radius 2 is 1.78 bits per heavy atom. The van der Waals surface area contributed by atoms with Crippen molar-refractivity contribution in [2.45, 2.75) is 26.9 Å². The van der Waals surface area contributed by atoms with Crippen molar-refractivity contribution in [3.05, 3.63) is 59.7 Å². The second kappa shape index (κ2) is 8.22. The molecule has 2 rings (SSSR count). The topological polar surface area (TPSA) is 47.6 Å². The van der Waals surface area contributed by atoms with Gasteiger partial charge in [0.1, 0.15) is 18.1 Å². The lowest BCUT2D eigenvalue weighted by molar-refractivity contribution is -0.127. The Balaban J connectivity index is 1.72. The van der Waals surface area contributed by atoms with Crippen LogP contribution in [0.4, 0.5) is 0 Å². The van der Waals surface area contributed by atoms with E-state index in [0.29, 0.717) is 13.2 Å². The fourth-order valence-corrected chi connectivity index (χ4v) is 2.05. The lowest BCUT2D eigenvalue weighted by Crippen LogP contribution is -2.38. The fourth-order valence-electron chi connectivity index (χ4n) is 2.05. The maximum absolute atomic E-state index is 12.0. The highest BCUT2D eigenvalue weighted by atomic mass is 16.5. The van der Waals surface area contributed by atoms with Gasteiger partial charge in [-0.3, -0.25) is 4.79 Å². The third-order valence-electron chi connectivity index (χ3n) is 3.46. The van der Waals surface area contributed by atoms with E-state index < -0.39 is 6.10 Å². The van der Waals surface area contributed by atoms with Gasteiger partial charge in [-0.05, 0) is 44.5 Å². The highest BCUT2D eigenvalue weighted by molar-refractivity contribution is 5.80. The smallest absolute Gasteiger partial charge is 0.260 e. The van der Waals surface area contributed by atoms with Crippen molar-refractivity contribution >= 4 is 5.91 Å². The summed E-state index contributed by atoms with van der Waals surface area (Å²) < 4.78 is 11.3. The Morgan fingerprint density at radius 3 is 2.48 bits per heavy atom. The van der Waals surface area contributed by atoms with Crippen molar-refractivity contribution in [1.82, 2.24) is 5.32 Å². The van der Waals surface area contributed by atoms with E-state index in [9.17, 15) is 4.79 Å². The summed E-state index contributed by atoms with van der Waals surface area (Å²) in [4.78, 5) is 12.0. The number of carbonyl (C=O) groups excluding carboxylic acids is 1. The van der Waals surface area contributed by atoms with Crippen molar-refractivity contribution in [2.75, 3.05) is 13.2 Å². The first kappa shape index (κ1) is 16.9. The monoisotopic (exact) mass is 313 g/mol.